The van der Waals surface area contributed by atoms with Crippen molar-refractivity contribution in [3.63, 3.8) is 0 Å². The van der Waals surface area contributed by atoms with Crippen LogP contribution in [0.2, 0.25) is 5.02 Å². The molecule has 4 aromatic rings. The second-order valence-electron chi connectivity index (χ2n) is 8.10. The average Bonchev–Trinajstić information content (AvgIpc) is 3.50. The van der Waals surface area contributed by atoms with Crippen LogP contribution in [0.4, 0.5) is 10.5 Å². The van der Waals surface area contributed by atoms with Crippen molar-refractivity contribution in [1.29, 1.82) is 0 Å². The normalized spacial score (nSPS) is 12.0. The van der Waals surface area contributed by atoms with E-state index in [1.54, 1.807) is 50.4 Å². The van der Waals surface area contributed by atoms with Crippen LogP contribution in [0, 0.1) is 0 Å². The predicted molar refractivity (Wildman–Crippen MR) is 145 cm³/mol. The van der Waals surface area contributed by atoms with E-state index in [4.69, 9.17) is 26.1 Å². The molecule has 0 fully saturated rings. The number of carbonyl (C=O) groups excluding carboxylic acids is 2. The standard InChI is InChI=1S/C26H23ClN6O4S/c1-3-37-25(34)20-12-18-23(17-9-4-5-10-19(17)27)28-13-21-31-32-22(33(21)24(18)38-20)14-29-26(35)30-15-7-6-8-16(11-15)36-2/h4-12H,3,13-14H2,1-2H3,(H2,29,30,35). The smallest absolute Gasteiger partial charge is 0.348 e. The van der Waals surface area contributed by atoms with Crippen molar-refractivity contribution < 1.29 is 19.1 Å². The Kier molecular flexibility index (Phi) is 7.38. The highest BCUT2D eigenvalue weighted by Gasteiger charge is 2.28. The Balaban J connectivity index is 1.47. The largest absolute Gasteiger partial charge is 0.497 e. The van der Waals surface area contributed by atoms with Gasteiger partial charge in [0.15, 0.2) is 11.6 Å². The number of thiophene rings is 1. The van der Waals surface area contributed by atoms with Gasteiger partial charge in [-0.25, -0.2) is 9.59 Å². The van der Waals surface area contributed by atoms with Crippen molar-refractivity contribution in [2.24, 2.45) is 4.99 Å². The van der Waals surface area contributed by atoms with Gasteiger partial charge in [0.25, 0.3) is 0 Å². The molecule has 38 heavy (non-hydrogen) atoms. The van der Waals surface area contributed by atoms with Gasteiger partial charge in [-0.15, -0.1) is 21.5 Å². The van der Waals surface area contributed by atoms with E-state index in [9.17, 15) is 9.59 Å². The van der Waals surface area contributed by atoms with Crippen LogP contribution < -0.4 is 15.4 Å². The molecule has 5 rings (SSSR count). The number of rotatable bonds is 7. The van der Waals surface area contributed by atoms with Gasteiger partial charge in [0, 0.05) is 27.9 Å². The molecule has 0 aliphatic carbocycles. The molecule has 12 heteroatoms. The van der Waals surface area contributed by atoms with Crippen LogP contribution >= 0.6 is 22.9 Å². The number of nitrogens with one attached hydrogen (secondary N) is 2. The number of hydrogen-bond acceptors (Lipinski definition) is 8. The molecule has 194 valence electrons. The van der Waals surface area contributed by atoms with Gasteiger partial charge in [0.05, 0.1) is 26.0 Å². The monoisotopic (exact) mass is 550 g/mol. The van der Waals surface area contributed by atoms with Crippen LogP contribution in [-0.4, -0.2) is 46.2 Å². The third-order valence-electron chi connectivity index (χ3n) is 5.69. The van der Waals surface area contributed by atoms with Crippen LogP contribution in [0.3, 0.4) is 0 Å². The summed E-state index contributed by atoms with van der Waals surface area (Å²) in [7, 11) is 1.56. The molecule has 2 amide bonds. The fraction of sp³-hybridized carbons (Fsp3) is 0.192. The number of carbonyl (C=O) groups is 2. The van der Waals surface area contributed by atoms with Gasteiger partial charge < -0.3 is 20.1 Å². The van der Waals surface area contributed by atoms with E-state index in [-0.39, 0.29) is 19.7 Å². The highest BCUT2D eigenvalue weighted by molar-refractivity contribution is 7.16. The van der Waals surface area contributed by atoms with Gasteiger partial charge >= 0.3 is 12.0 Å². The van der Waals surface area contributed by atoms with E-state index in [1.165, 1.54) is 11.3 Å². The molecule has 0 unspecified atom stereocenters. The summed E-state index contributed by atoms with van der Waals surface area (Å²) in [6, 6.07) is 15.8. The number of aliphatic imine (C=N–C) groups is 1. The molecular weight excluding hydrogens is 528 g/mol. The maximum atomic E-state index is 12.6. The van der Waals surface area contributed by atoms with Gasteiger partial charge in [-0.2, -0.15) is 0 Å². The van der Waals surface area contributed by atoms with E-state index < -0.39 is 12.0 Å². The third kappa shape index (κ3) is 5.11. The quantitative estimate of drug-likeness (QED) is 0.318. The van der Waals surface area contributed by atoms with Crippen LogP contribution in [0.25, 0.3) is 5.00 Å². The predicted octanol–water partition coefficient (Wildman–Crippen LogP) is 4.84. The number of benzene rings is 2. The van der Waals surface area contributed by atoms with Crippen LogP contribution in [0.1, 0.15) is 39.4 Å². The zero-order valence-corrected chi connectivity index (χ0v) is 22.1. The van der Waals surface area contributed by atoms with Crippen molar-refractivity contribution >= 4 is 46.3 Å². The van der Waals surface area contributed by atoms with E-state index >= 15 is 0 Å². The number of methoxy groups -OCH3 is 1. The Hall–Kier alpha value is -4.22. The van der Waals surface area contributed by atoms with Gasteiger partial charge in [-0.05, 0) is 31.2 Å². The Morgan fingerprint density at radius 3 is 2.74 bits per heavy atom. The first kappa shape index (κ1) is 25.4. The molecule has 0 saturated carbocycles. The SMILES string of the molecule is CCOC(=O)c1cc2c(s1)-n1c(nnc1CNC(=O)Nc1cccc(OC)c1)CN=C2c1ccccc1Cl. The zero-order valence-electron chi connectivity index (χ0n) is 20.5. The minimum absolute atomic E-state index is 0.0797. The number of anilines is 1. The maximum absolute atomic E-state index is 12.6. The van der Waals surface area contributed by atoms with E-state index in [1.807, 2.05) is 22.8 Å². The molecule has 0 bridgehead atoms. The molecule has 10 nitrogen and oxygen atoms in total. The van der Waals surface area contributed by atoms with Crippen LogP contribution in [0.15, 0.2) is 59.6 Å². The summed E-state index contributed by atoms with van der Waals surface area (Å²) in [6.07, 6.45) is 0. The summed E-state index contributed by atoms with van der Waals surface area (Å²) in [4.78, 5) is 30.4. The van der Waals surface area contributed by atoms with Crippen molar-refractivity contribution in [2.45, 2.75) is 20.0 Å². The minimum Gasteiger partial charge on any atom is -0.497 e. The molecule has 3 heterocycles. The molecule has 1 aliphatic heterocycles. The summed E-state index contributed by atoms with van der Waals surface area (Å²) in [5.41, 5.74) is 2.66. The molecule has 0 spiro atoms. The third-order valence-corrected chi connectivity index (χ3v) is 7.12. The molecule has 0 saturated heterocycles. The first-order valence-corrected chi connectivity index (χ1v) is 12.9. The maximum Gasteiger partial charge on any atom is 0.348 e. The van der Waals surface area contributed by atoms with E-state index in [2.05, 4.69) is 20.8 Å². The van der Waals surface area contributed by atoms with Gasteiger partial charge in [0.1, 0.15) is 22.2 Å². The van der Waals surface area contributed by atoms with Crippen LogP contribution in [0.5, 0.6) is 5.75 Å². The average molecular weight is 551 g/mol. The summed E-state index contributed by atoms with van der Waals surface area (Å²) in [5, 5.41) is 15.4. The molecule has 0 radical (unpaired) electrons. The molecule has 2 N–H and O–H groups in total. The second kappa shape index (κ2) is 11.0. The number of amides is 2. The van der Waals surface area contributed by atoms with Crippen molar-refractivity contribution in [2.75, 3.05) is 19.0 Å². The topological polar surface area (TPSA) is 120 Å². The zero-order chi connectivity index (χ0) is 26.6. The first-order valence-electron chi connectivity index (χ1n) is 11.7. The molecule has 1 aliphatic rings. The summed E-state index contributed by atoms with van der Waals surface area (Å²) < 4.78 is 12.3. The molecule has 2 aromatic heterocycles. The molecule has 2 aromatic carbocycles. The summed E-state index contributed by atoms with van der Waals surface area (Å²) in [5.74, 6) is 1.24. The van der Waals surface area contributed by atoms with Gasteiger partial charge in [-0.1, -0.05) is 35.9 Å². The highest BCUT2D eigenvalue weighted by Crippen LogP contribution is 2.35. The lowest BCUT2D eigenvalue weighted by molar-refractivity contribution is 0.0532. The number of nitrogens with zero attached hydrogens (tertiary/aromatic N) is 4. The Morgan fingerprint density at radius 2 is 1.95 bits per heavy atom. The number of urea groups is 1. The number of fused-ring (bicyclic) bond motifs is 3. The Labute approximate surface area is 227 Å². The number of ether oxygens (including phenoxy) is 2. The second-order valence-corrected chi connectivity index (χ2v) is 9.54. The number of esters is 1. The first-order chi connectivity index (χ1) is 18.5. The van der Waals surface area contributed by atoms with Crippen LogP contribution in [-0.2, 0) is 17.8 Å². The van der Waals surface area contributed by atoms with Crippen molar-refractivity contribution in [1.82, 2.24) is 20.1 Å². The van der Waals surface area contributed by atoms with E-state index in [0.29, 0.717) is 49.3 Å². The Bertz CT molecular complexity index is 1550. The number of aromatic nitrogens is 3. The summed E-state index contributed by atoms with van der Waals surface area (Å²) >= 11 is 7.76. The number of hydrogen-bond donors (Lipinski definition) is 2. The minimum atomic E-state index is -0.434. The number of halogens is 1. The Morgan fingerprint density at radius 1 is 1.11 bits per heavy atom. The lowest BCUT2D eigenvalue weighted by Gasteiger charge is -2.11. The fourth-order valence-corrected chi connectivity index (χ4v) is 5.30. The molecule has 0 atom stereocenters. The fourth-order valence-electron chi connectivity index (χ4n) is 3.98. The lowest BCUT2D eigenvalue weighted by atomic mass is 10.0. The van der Waals surface area contributed by atoms with Gasteiger partial charge in [0.2, 0.25) is 0 Å². The summed E-state index contributed by atoms with van der Waals surface area (Å²) in [6.45, 7) is 2.32. The molecular formula is C26H23ClN6O4S. The van der Waals surface area contributed by atoms with E-state index in [0.717, 1.165) is 5.56 Å². The van der Waals surface area contributed by atoms with Gasteiger partial charge in [-0.3, -0.25) is 9.56 Å². The highest BCUT2D eigenvalue weighted by atomic mass is 35.5. The van der Waals surface area contributed by atoms with Crippen molar-refractivity contribution in [3.8, 4) is 10.8 Å². The van der Waals surface area contributed by atoms with Crippen molar-refractivity contribution in [3.05, 3.63) is 87.3 Å². The lowest BCUT2D eigenvalue weighted by Crippen LogP contribution is -2.29.